The fourth-order valence-corrected chi connectivity index (χ4v) is 1.88. The van der Waals surface area contributed by atoms with Gasteiger partial charge in [-0.1, -0.05) is 11.3 Å². The molecule has 3 N–H and O–H groups in total. The lowest BCUT2D eigenvalue weighted by atomic mass is 10.4. The average molecular weight is 289 g/mol. The molecule has 0 spiro atoms. The Labute approximate surface area is 113 Å². The van der Waals surface area contributed by atoms with Crippen LogP contribution in [0.2, 0.25) is 0 Å². The van der Waals surface area contributed by atoms with E-state index in [4.69, 9.17) is 9.84 Å². The summed E-state index contributed by atoms with van der Waals surface area (Å²) >= 11 is 0.999. The van der Waals surface area contributed by atoms with E-state index in [0.717, 1.165) is 16.2 Å². The molecule has 106 valence electrons. The van der Waals surface area contributed by atoms with Crippen LogP contribution in [-0.4, -0.2) is 53.8 Å². The number of aromatic nitrogens is 1. The van der Waals surface area contributed by atoms with E-state index in [1.807, 2.05) is 0 Å². The van der Waals surface area contributed by atoms with Crippen LogP contribution in [0.25, 0.3) is 0 Å². The fraction of sp³-hybridized carbons (Fsp3) is 0.500. The lowest BCUT2D eigenvalue weighted by Crippen LogP contribution is -2.44. The number of methoxy groups -OCH3 is 1. The summed E-state index contributed by atoms with van der Waals surface area (Å²) in [5.74, 6) is -1.10. The summed E-state index contributed by atoms with van der Waals surface area (Å²) in [5.41, 5.74) is 0.574. The summed E-state index contributed by atoms with van der Waals surface area (Å²) in [4.78, 5) is 36.8. The van der Waals surface area contributed by atoms with Crippen LogP contribution in [0.5, 0.6) is 0 Å². The summed E-state index contributed by atoms with van der Waals surface area (Å²) in [6.45, 7) is 0.154. The quantitative estimate of drug-likeness (QED) is 0.637. The molecule has 0 unspecified atom stereocenters. The van der Waals surface area contributed by atoms with Crippen molar-refractivity contribution < 1.29 is 19.4 Å². The van der Waals surface area contributed by atoms with Gasteiger partial charge in [-0.3, -0.25) is 9.59 Å². The first-order valence-electron chi connectivity index (χ1n) is 5.43. The third-order valence-electron chi connectivity index (χ3n) is 2.18. The van der Waals surface area contributed by atoms with Crippen molar-refractivity contribution in [2.45, 2.75) is 6.54 Å². The van der Waals surface area contributed by atoms with Crippen LogP contribution in [0, 0.1) is 0 Å². The van der Waals surface area contributed by atoms with Crippen molar-refractivity contribution in [1.82, 2.24) is 15.2 Å². The van der Waals surface area contributed by atoms with E-state index in [2.05, 4.69) is 10.3 Å². The molecule has 8 nitrogen and oxygen atoms in total. The first kappa shape index (κ1) is 15.2. The van der Waals surface area contributed by atoms with Gasteiger partial charge in [-0.15, -0.1) is 0 Å². The number of H-pyrrole nitrogens is 1. The highest BCUT2D eigenvalue weighted by atomic mass is 32.1. The molecule has 0 radical (unpaired) electrons. The van der Waals surface area contributed by atoms with Gasteiger partial charge in [-0.25, -0.2) is 4.79 Å². The van der Waals surface area contributed by atoms with Gasteiger partial charge < -0.3 is 25.0 Å². The number of thiazole rings is 1. The molecule has 0 aliphatic heterocycles. The maximum absolute atomic E-state index is 11.8. The van der Waals surface area contributed by atoms with Gasteiger partial charge in [0, 0.05) is 24.7 Å². The number of amides is 2. The summed E-state index contributed by atoms with van der Waals surface area (Å²) < 4.78 is 4.81. The molecule has 1 aromatic rings. The van der Waals surface area contributed by atoms with Crippen LogP contribution in [0.1, 0.15) is 5.69 Å². The summed E-state index contributed by atoms with van der Waals surface area (Å²) in [6, 6.07) is -0.522. The number of hydrogen-bond donors (Lipinski definition) is 3. The largest absolute Gasteiger partial charge is 0.480 e. The molecule has 0 saturated carbocycles. The monoisotopic (exact) mass is 289 g/mol. The van der Waals surface area contributed by atoms with E-state index in [-0.39, 0.29) is 24.6 Å². The van der Waals surface area contributed by atoms with Crippen molar-refractivity contribution in [1.29, 1.82) is 0 Å². The Balaban J connectivity index is 2.50. The van der Waals surface area contributed by atoms with Gasteiger partial charge in [0.1, 0.15) is 6.54 Å². The standard InChI is InChI=1S/C10H15N3O5S/c1-18-3-2-13(5-8(14)15)9(16)11-4-7-6-19-10(17)12-7/h6H,2-5H2,1H3,(H,11,16)(H,12,17)(H,14,15). The molecule has 0 fully saturated rings. The number of carboxylic acids is 1. The number of aromatic amines is 1. The fourth-order valence-electron chi connectivity index (χ4n) is 1.30. The number of ether oxygens (including phenoxy) is 1. The van der Waals surface area contributed by atoms with E-state index in [1.54, 1.807) is 5.38 Å². The Morgan fingerprint density at radius 2 is 2.32 bits per heavy atom. The third kappa shape index (κ3) is 5.53. The Morgan fingerprint density at radius 1 is 1.58 bits per heavy atom. The van der Waals surface area contributed by atoms with Crippen molar-refractivity contribution >= 4 is 23.3 Å². The smallest absolute Gasteiger partial charge is 0.323 e. The molecule has 0 aromatic carbocycles. The van der Waals surface area contributed by atoms with Gasteiger partial charge in [0.2, 0.25) is 0 Å². The molecule has 1 aromatic heterocycles. The molecule has 0 aliphatic rings. The highest BCUT2D eigenvalue weighted by Crippen LogP contribution is 1.96. The Morgan fingerprint density at radius 3 is 2.84 bits per heavy atom. The minimum atomic E-state index is -1.10. The molecule has 9 heteroatoms. The third-order valence-corrected chi connectivity index (χ3v) is 2.90. The van der Waals surface area contributed by atoms with Crippen LogP contribution in [0.15, 0.2) is 10.2 Å². The second-order valence-corrected chi connectivity index (χ2v) is 4.48. The minimum absolute atomic E-state index is 0.140. The maximum atomic E-state index is 11.8. The van der Waals surface area contributed by atoms with Gasteiger partial charge in [-0.05, 0) is 0 Å². The SMILES string of the molecule is COCCN(CC(=O)O)C(=O)NCc1csc(=O)[nH]1. The van der Waals surface area contributed by atoms with Crippen molar-refractivity contribution in [3.8, 4) is 0 Å². The van der Waals surface area contributed by atoms with Gasteiger partial charge >= 0.3 is 16.9 Å². The first-order chi connectivity index (χ1) is 9.02. The van der Waals surface area contributed by atoms with Gasteiger partial charge in [0.15, 0.2) is 0 Å². The number of carbonyl (C=O) groups is 2. The maximum Gasteiger partial charge on any atom is 0.323 e. The first-order valence-corrected chi connectivity index (χ1v) is 6.31. The van der Waals surface area contributed by atoms with Crippen LogP contribution < -0.4 is 10.2 Å². The number of urea groups is 1. The Bertz CT molecular complexity index is 484. The summed E-state index contributed by atoms with van der Waals surface area (Å²) in [7, 11) is 1.47. The number of carbonyl (C=O) groups excluding carboxylic acids is 1. The van der Waals surface area contributed by atoms with E-state index in [1.165, 1.54) is 7.11 Å². The number of carboxylic acid groups (broad SMARTS) is 1. The van der Waals surface area contributed by atoms with E-state index >= 15 is 0 Å². The average Bonchev–Trinajstić information content (AvgIpc) is 2.77. The normalized spacial score (nSPS) is 10.2. The number of nitrogens with zero attached hydrogens (tertiary/aromatic N) is 1. The Hall–Kier alpha value is -1.87. The molecule has 0 saturated heterocycles. The van der Waals surface area contributed by atoms with Gasteiger partial charge in [-0.2, -0.15) is 0 Å². The van der Waals surface area contributed by atoms with Crippen molar-refractivity contribution in [2.24, 2.45) is 0 Å². The van der Waals surface area contributed by atoms with Crippen molar-refractivity contribution in [3.63, 3.8) is 0 Å². The highest BCUT2D eigenvalue weighted by Gasteiger charge is 2.16. The molecule has 1 heterocycles. The van der Waals surface area contributed by atoms with Crippen LogP contribution >= 0.6 is 11.3 Å². The van der Waals surface area contributed by atoms with Crippen molar-refractivity contribution in [2.75, 3.05) is 26.8 Å². The molecular formula is C10H15N3O5S. The zero-order chi connectivity index (χ0) is 14.3. The molecule has 1 rings (SSSR count). The zero-order valence-corrected chi connectivity index (χ0v) is 11.2. The van der Waals surface area contributed by atoms with E-state index in [0.29, 0.717) is 5.69 Å². The molecule has 0 bridgehead atoms. The second-order valence-electron chi connectivity index (χ2n) is 3.64. The van der Waals surface area contributed by atoms with Crippen molar-refractivity contribution in [3.05, 3.63) is 20.7 Å². The van der Waals surface area contributed by atoms with Gasteiger partial charge in [0.25, 0.3) is 0 Å². The summed E-state index contributed by atoms with van der Waals surface area (Å²) in [6.07, 6.45) is 0. The van der Waals surface area contributed by atoms with Gasteiger partial charge in [0.05, 0.1) is 13.2 Å². The van der Waals surface area contributed by atoms with Crippen LogP contribution in [0.4, 0.5) is 4.79 Å². The Kier molecular flexibility index (Phi) is 6.03. The van der Waals surface area contributed by atoms with Crippen LogP contribution in [-0.2, 0) is 16.1 Å². The molecular weight excluding hydrogens is 274 g/mol. The number of aliphatic carboxylic acids is 1. The molecule has 0 aliphatic carbocycles. The lowest BCUT2D eigenvalue weighted by Gasteiger charge is -2.20. The zero-order valence-electron chi connectivity index (χ0n) is 10.3. The molecule has 2 amide bonds. The highest BCUT2D eigenvalue weighted by molar-refractivity contribution is 7.07. The molecule has 19 heavy (non-hydrogen) atoms. The number of nitrogens with one attached hydrogen (secondary N) is 2. The van der Waals surface area contributed by atoms with Crippen LogP contribution in [0.3, 0.4) is 0 Å². The minimum Gasteiger partial charge on any atom is -0.480 e. The topological polar surface area (TPSA) is 112 Å². The van der Waals surface area contributed by atoms with E-state index in [9.17, 15) is 14.4 Å². The van der Waals surface area contributed by atoms with E-state index < -0.39 is 18.5 Å². The summed E-state index contributed by atoms with van der Waals surface area (Å²) in [5, 5.41) is 12.8. The number of hydrogen-bond acceptors (Lipinski definition) is 5. The predicted molar refractivity (Wildman–Crippen MR) is 68.3 cm³/mol. The lowest BCUT2D eigenvalue weighted by molar-refractivity contribution is -0.137. The predicted octanol–water partition coefficient (Wildman–Crippen LogP) is -0.321. The second kappa shape index (κ2) is 7.54. The number of rotatable bonds is 7. The molecule has 0 atom stereocenters.